The largest absolute Gasteiger partial charge is 0.378 e. The zero-order valence-corrected chi connectivity index (χ0v) is 19.4. The van der Waals surface area contributed by atoms with Gasteiger partial charge in [0.25, 0.3) is 0 Å². The molecule has 0 aliphatic carbocycles. The number of imidazole rings is 1. The first-order valence-electron chi connectivity index (χ1n) is 9.82. The van der Waals surface area contributed by atoms with E-state index >= 15 is 0 Å². The van der Waals surface area contributed by atoms with E-state index in [1.807, 2.05) is 26.4 Å². The summed E-state index contributed by atoms with van der Waals surface area (Å²) in [4.78, 5) is 11.1. The van der Waals surface area contributed by atoms with Crippen LogP contribution in [0.25, 0.3) is 0 Å². The second-order valence-electron chi connectivity index (χ2n) is 6.96. The van der Waals surface area contributed by atoms with Crippen LogP contribution in [0.5, 0.6) is 0 Å². The summed E-state index contributed by atoms with van der Waals surface area (Å²) >= 11 is 0. The lowest BCUT2D eigenvalue weighted by Gasteiger charge is -2.34. The van der Waals surface area contributed by atoms with Gasteiger partial charge < -0.3 is 19.5 Å². The van der Waals surface area contributed by atoms with Crippen molar-refractivity contribution in [2.45, 2.75) is 45.9 Å². The van der Waals surface area contributed by atoms with Crippen molar-refractivity contribution in [3.63, 3.8) is 0 Å². The number of aromatic nitrogens is 2. The van der Waals surface area contributed by atoms with Crippen molar-refractivity contribution in [2.75, 3.05) is 26.7 Å². The first kappa shape index (κ1) is 22.7. The Labute approximate surface area is 185 Å². The molecule has 0 saturated carbocycles. The first-order chi connectivity index (χ1) is 13.2. The Bertz CT molecular complexity index is 753. The molecule has 0 bridgehead atoms. The number of rotatable bonds is 6. The number of halogens is 1. The molecule has 1 saturated heterocycles. The van der Waals surface area contributed by atoms with Crippen LogP contribution in [0, 0.1) is 6.92 Å². The van der Waals surface area contributed by atoms with Crippen LogP contribution in [0.2, 0.25) is 0 Å². The van der Waals surface area contributed by atoms with Gasteiger partial charge in [-0.2, -0.15) is 0 Å². The van der Waals surface area contributed by atoms with Crippen molar-refractivity contribution in [3.05, 3.63) is 53.6 Å². The second-order valence-corrected chi connectivity index (χ2v) is 6.96. The van der Waals surface area contributed by atoms with Gasteiger partial charge in [-0.15, -0.1) is 24.0 Å². The Morgan fingerprint density at radius 3 is 2.68 bits per heavy atom. The molecule has 6 nitrogen and oxygen atoms in total. The highest BCUT2D eigenvalue weighted by Gasteiger charge is 2.21. The number of aryl methyl sites for hydroxylation is 1. The van der Waals surface area contributed by atoms with E-state index in [4.69, 9.17) is 4.74 Å². The van der Waals surface area contributed by atoms with Crippen molar-refractivity contribution in [2.24, 2.45) is 4.99 Å². The van der Waals surface area contributed by atoms with Gasteiger partial charge in [-0.05, 0) is 37.8 Å². The zero-order chi connectivity index (χ0) is 19.1. The highest BCUT2D eigenvalue weighted by Crippen LogP contribution is 2.14. The predicted molar refractivity (Wildman–Crippen MR) is 124 cm³/mol. The van der Waals surface area contributed by atoms with Gasteiger partial charge in [0, 0.05) is 52.2 Å². The smallest absolute Gasteiger partial charge is 0.193 e. The fourth-order valence-electron chi connectivity index (χ4n) is 3.59. The summed E-state index contributed by atoms with van der Waals surface area (Å²) in [5, 5.41) is 3.52. The van der Waals surface area contributed by atoms with Crippen molar-refractivity contribution < 1.29 is 4.74 Å². The van der Waals surface area contributed by atoms with Crippen molar-refractivity contribution in [1.29, 1.82) is 0 Å². The Morgan fingerprint density at radius 2 is 2.04 bits per heavy atom. The molecule has 0 amide bonds. The summed E-state index contributed by atoms with van der Waals surface area (Å²) in [6, 6.07) is 8.69. The van der Waals surface area contributed by atoms with Gasteiger partial charge in [0.2, 0.25) is 0 Å². The number of likely N-dealkylation sites (tertiary alicyclic amines) is 1. The highest BCUT2D eigenvalue weighted by molar-refractivity contribution is 14.0. The molecular weight excluding hydrogens is 465 g/mol. The molecule has 154 valence electrons. The monoisotopic (exact) mass is 497 g/mol. The Hall–Kier alpha value is -1.61. The van der Waals surface area contributed by atoms with Crippen LogP contribution in [0.4, 0.5) is 0 Å². The minimum Gasteiger partial charge on any atom is -0.378 e. The molecule has 2 heterocycles. The van der Waals surface area contributed by atoms with E-state index in [0.717, 1.165) is 57.4 Å². The summed E-state index contributed by atoms with van der Waals surface area (Å²) in [7, 11) is 1.86. The van der Waals surface area contributed by atoms with E-state index in [0.29, 0.717) is 6.10 Å². The van der Waals surface area contributed by atoms with Crippen molar-refractivity contribution in [1.82, 2.24) is 19.8 Å². The topological polar surface area (TPSA) is 54.7 Å². The molecule has 0 unspecified atom stereocenters. The molecule has 0 atom stereocenters. The Morgan fingerprint density at radius 1 is 1.29 bits per heavy atom. The van der Waals surface area contributed by atoms with Gasteiger partial charge in [-0.3, -0.25) is 4.99 Å². The van der Waals surface area contributed by atoms with E-state index in [1.165, 1.54) is 11.1 Å². The molecule has 7 heteroatoms. The number of guanidine groups is 1. The lowest BCUT2D eigenvalue weighted by Crippen LogP contribution is -2.46. The van der Waals surface area contributed by atoms with Gasteiger partial charge in [-0.1, -0.05) is 24.3 Å². The summed E-state index contributed by atoms with van der Waals surface area (Å²) < 4.78 is 7.91. The normalized spacial score (nSPS) is 15.4. The van der Waals surface area contributed by atoms with Crippen LogP contribution >= 0.6 is 24.0 Å². The lowest BCUT2D eigenvalue weighted by molar-refractivity contribution is 0.0263. The lowest BCUT2D eigenvalue weighted by atomic mass is 10.1. The predicted octanol–water partition coefficient (Wildman–Crippen LogP) is 3.43. The average molecular weight is 497 g/mol. The number of hydrogen-bond acceptors (Lipinski definition) is 3. The summed E-state index contributed by atoms with van der Waals surface area (Å²) in [5.41, 5.74) is 2.54. The standard InChI is InChI=1S/C21H31N5O.HI/c1-4-27-20-8-11-25(12-9-20)21(22-3)24-15-18-6-5-7-19(14-18)16-26-13-10-23-17(26)2;/h5-7,10,13-14,20H,4,8-9,11-12,15-16H2,1-3H3,(H,22,24);1H. The molecule has 1 aromatic carbocycles. The molecule has 1 fully saturated rings. The molecular formula is C21H32IN5O. The van der Waals surface area contributed by atoms with Crippen LogP contribution < -0.4 is 5.32 Å². The molecule has 0 radical (unpaired) electrons. The molecule has 28 heavy (non-hydrogen) atoms. The third kappa shape index (κ3) is 6.20. The van der Waals surface area contributed by atoms with Crippen molar-refractivity contribution >= 4 is 29.9 Å². The molecule has 3 rings (SSSR count). The van der Waals surface area contributed by atoms with Crippen LogP contribution in [0.1, 0.15) is 36.7 Å². The maximum absolute atomic E-state index is 5.74. The van der Waals surface area contributed by atoms with E-state index in [-0.39, 0.29) is 24.0 Å². The first-order valence-corrected chi connectivity index (χ1v) is 9.82. The molecule has 2 aromatic rings. The fraction of sp³-hybridized carbons (Fsp3) is 0.524. The Balaban J connectivity index is 0.00000280. The molecule has 1 aromatic heterocycles. The van der Waals surface area contributed by atoms with E-state index in [1.54, 1.807) is 0 Å². The third-order valence-electron chi connectivity index (χ3n) is 5.07. The van der Waals surface area contributed by atoms with Gasteiger partial charge in [0.05, 0.1) is 6.10 Å². The minimum absolute atomic E-state index is 0. The highest BCUT2D eigenvalue weighted by atomic mass is 127. The van der Waals surface area contributed by atoms with E-state index in [9.17, 15) is 0 Å². The number of nitrogens with zero attached hydrogens (tertiary/aromatic N) is 4. The van der Waals surface area contributed by atoms with Crippen LogP contribution in [-0.2, 0) is 17.8 Å². The average Bonchev–Trinajstić information content (AvgIpc) is 3.09. The summed E-state index contributed by atoms with van der Waals surface area (Å²) in [6.07, 6.45) is 6.39. The fourth-order valence-corrected chi connectivity index (χ4v) is 3.59. The van der Waals surface area contributed by atoms with Gasteiger partial charge >= 0.3 is 0 Å². The quantitative estimate of drug-likeness (QED) is 0.378. The van der Waals surface area contributed by atoms with Gasteiger partial charge in [-0.25, -0.2) is 4.98 Å². The number of nitrogens with one attached hydrogen (secondary N) is 1. The van der Waals surface area contributed by atoms with Gasteiger partial charge in [0.1, 0.15) is 5.82 Å². The number of hydrogen-bond donors (Lipinski definition) is 1. The number of piperidine rings is 1. The van der Waals surface area contributed by atoms with E-state index < -0.39 is 0 Å². The Kier molecular flexibility index (Phi) is 9.24. The number of ether oxygens (including phenoxy) is 1. The molecule has 1 aliphatic rings. The maximum Gasteiger partial charge on any atom is 0.193 e. The SMILES string of the molecule is CCOC1CCN(C(=NC)NCc2cccc(Cn3ccnc3C)c2)CC1.I. The third-order valence-corrected chi connectivity index (χ3v) is 5.07. The minimum atomic E-state index is 0. The van der Waals surface area contributed by atoms with Gasteiger partial charge in [0.15, 0.2) is 5.96 Å². The van der Waals surface area contributed by atoms with E-state index in [2.05, 4.69) is 55.9 Å². The summed E-state index contributed by atoms with van der Waals surface area (Å²) in [6.45, 7) is 8.49. The second kappa shape index (κ2) is 11.4. The molecule has 0 spiro atoms. The summed E-state index contributed by atoms with van der Waals surface area (Å²) in [5.74, 6) is 2.01. The number of aliphatic imine (C=N–C) groups is 1. The van der Waals surface area contributed by atoms with Crippen LogP contribution in [0.15, 0.2) is 41.7 Å². The van der Waals surface area contributed by atoms with Crippen molar-refractivity contribution in [3.8, 4) is 0 Å². The van der Waals surface area contributed by atoms with Crippen LogP contribution in [-0.4, -0.2) is 53.3 Å². The maximum atomic E-state index is 5.74. The molecule has 1 N–H and O–H groups in total. The zero-order valence-electron chi connectivity index (χ0n) is 17.1. The van der Waals surface area contributed by atoms with Crippen LogP contribution in [0.3, 0.4) is 0 Å². The molecule has 1 aliphatic heterocycles. The number of benzene rings is 1.